The van der Waals surface area contributed by atoms with Crippen LogP contribution in [0.1, 0.15) is 37.1 Å². The molecule has 1 heterocycles. The number of benzene rings is 1. The van der Waals surface area contributed by atoms with E-state index in [4.69, 9.17) is 0 Å². The number of hydrogen-bond acceptors (Lipinski definition) is 2. The summed E-state index contributed by atoms with van der Waals surface area (Å²) < 4.78 is 39.7. The number of hydrogen-bond donors (Lipinski definition) is 1. The molecule has 136 valence electrons. The molecule has 0 aliphatic carbocycles. The van der Waals surface area contributed by atoms with Crippen LogP contribution in [-0.2, 0) is 6.18 Å². The molecule has 0 saturated carbocycles. The smallest absolute Gasteiger partial charge is 0.333 e. The minimum Gasteiger partial charge on any atom is -0.333 e. The van der Waals surface area contributed by atoms with Gasteiger partial charge in [0.2, 0.25) is 0 Å². The molecule has 1 N–H and O–H groups in total. The molecule has 0 fully saturated rings. The average Bonchev–Trinajstić information content (AvgIpc) is 2.92. The fraction of sp³-hybridized carbons (Fsp3) is 0.412. The van der Waals surface area contributed by atoms with E-state index in [0.717, 1.165) is 29.9 Å². The van der Waals surface area contributed by atoms with Crippen molar-refractivity contribution in [3.8, 4) is 5.69 Å². The number of nitrogens with zero attached hydrogens (tertiary/aromatic N) is 2. The highest BCUT2D eigenvalue weighted by atomic mass is 32.1. The topological polar surface area (TPSA) is 46.4 Å². The zero-order chi connectivity index (χ0) is 18.6. The van der Waals surface area contributed by atoms with Crippen LogP contribution in [0.2, 0.25) is 0 Å². The summed E-state index contributed by atoms with van der Waals surface area (Å²) in [4.78, 5) is 17.5. The molecule has 0 spiro atoms. The number of thiazole rings is 1. The molecule has 0 bridgehead atoms. The standard InChI is InChI=1S/C17H20F3N3OS/c1-4-13(5-2)21-15(24)22-16-23(10-11(3)25-16)14-8-6-12(7-9-14)17(18,19)20/h6-10,13H,4-5H2,1-3H3,(H,21,24). The molecular weight excluding hydrogens is 351 g/mol. The molecular formula is C17H20F3N3OS. The van der Waals surface area contributed by atoms with Crippen LogP contribution in [0.25, 0.3) is 5.69 Å². The Labute approximate surface area is 148 Å². The summed E-state index contributed by atoms with van der Waals surface area (Å²) in [7, 11) is 0. The number of aryl methyl sites for hydroxylation is 1. The quantitative estimate of drug-likeness (QED) is 0.834. The number of nitrogens with one attached hydrogen (secondary N) is 1. The van der Waals surface area contributed by atoms with Crippen LogP contribution >= 0.6 is 11.3 Å². The van der Waals surface area contributed by atoms with Crippen LogP contribution in [0, 0.1) is 6.92 Å². The van der Waals surface area contributed by atoms with E-state index in [1.165, 1.54) is 23.5 Å². The summed E-state index contributed by atoms with van der Waals surface area (Å²) in [5, 5.41) is 2.82. The molecule has 8 heteroatoms. The molecule has 2 amide bonds. The largest absolute Gasteiger partial charge is 0.416 e. The van der Waals surface area contributed by atoms with Crippen LogP contribution < -0.4 is 10.1 Å². The van der Waals surface area contributed by atoms with Crippen molar-refractivity contribution in [1.82, 2.24) is 9.88 Å². The average molecular weight is 371 g/mol. The molecule has 4 nitrogen and oxygen atoms in total. The molecule has 0 radical (unpaired) electrons. The van der Waals surface area contributed by atoms with E-state index in [9.17, 15) is 18.0 Å². The van der Waals surface area contributed by atoms with Gasteiger partial charge in [0.25, 0.3) is 0 Å². The Kier molecular flexibility index (Phi) is 6.05. The second kappa shape index (κ2) is 7.86. The Balaban J connectivity index is 2.35. The number of aromatic nitrogens is 1. The number of rotatable bonds is 4. The third-order valence-electron chi connectivity index (χ3n) is 3.75. The van der Waals surface area contributed by atoms with Crippen molar-refractivity contribution in [2.45, 2.75) is 45.8 Å². The van der Waals surface area contributed by atoms with E-state index in [2.05, 4.69) is 10.3 Å². The van der Waals surface area contributed by atoms with E-state index in [1.807, 2.05) is 20.8 Å². The fourth-order valence-electron chi connectivity index (χ4n) is 2.32. The highest BCUT2D eigenvalue weighted by molar-refractivity contribution is 7.09. The van der Waals surface area contributed by atoms with Gasteiger partial charge in [-0.1, -0.05) is 13.8 Å². The predicted octanol–water partition coefficient (Wildman–Crippen LogP) is 4.66. The summed E-state index contributed by atoms with van der Waals surface area (Å²) in [5.74, 6) is 0. The first-order valence-electron chi connectivity index (χ1n) is 7.96. The lowest BCUT2D eigenvalue weighted by Crippen LogP contribution is -2.33. The number of carbonyl (C=O) groups is 1. The lowest BCUT2D eigenvalue weighted by molar-refractivity contribution is -0.137. The van der Waals surface area contributed by atoms with Gasteiger partial charge in [-0.3, -0.25) is 4.57 Å². The summed E-state index contributed by atoms with van der Waals surface area (Å²) in [6.45, 7) is 5.81. The molecule has 0 aliphatic rings. The summed E-state index contributed by atoms with van der Waals surface area (Å²) in [6.07, 6.45) is -1.02. The summed E-state index contributed by atoms with van der Waals surface area (Å²) >= 11 is 1.30. The lowest BCUT2D eigenvalue weighted by Gasteiger charge is -2.12. The first-order valence-corrected chi connectivity index (χ1v) is 8.78. The van der Waals surface area contributed by atoms with Crippen molar-refractivity contribution in [2.24, 2.45) is 4.99 Å². The number of amides is 2. The van der Waals surface area contributed by atoms with Crippen LogP contribution in [0.3, 0.4) is 0 Å². The van der Waals surface area contributed by atoms with E-state index in [0.29, 0.717) is 10.5 Å². The van der Waals surface area contributed by atoms with E-state index in [-0.39, 0.29) is 6.04 Å². The Morgan fingerprint density at radius 1 is 1.24 bits per heavy atom. The molecule has 0 aliphatic heterocycles. The maximum Gasteiger partial charge on any atom is 0.416 e. The third-order valence-corrected chi connectivity index (χ3v) is 4.65. The minimum absolute atomic E-state index is 0.0526. The first kappa shape index (κ1) is 19.2. The van der Waals surface area contributed by atoms with Gasteiger partial charge in [0, 0.05) is 22.8 Å². The lowest BCUT2D eigenvalue weighted by atomic mass is 10.2. The highest BCUT2D eigenvalue weighted by Gasteiger charge is 2.30. The van der Waals surface area contributed by atoms with Crippen LogP contribution in [0.15, 0.2) is 35.5 Å². The van der Waals surface area contributed by atoms with E-state index >= 15 is 0 Å². The van der Waals surface area contributed by atoms with Gasteiger partial charge in [-0.25, -0.2) is 4.79 Å². The molecule has 25 heavy (non-hydrogen) atoms. The molecule has 2 aromatic rings. The highest BCUT2D eigenvalue weighted by Crippen LogP contribution is 2.29. The second-order valence-electron chi connectivity index (χ2n) is 5.61. The summed E-state index contributed by atoms with van der Waals surface area (Å²) in [6, 6.07) is 4.37. The Morgan fingerprint density at radius 2 is 1.84 bits per heavy atom. The molecule has 2 rings (SSSR count). The maximum atomic E-state index is 12.7. The Hall–Kier alpha value is -2.09. The Bertz CT molecular complexity index is 787. The first-order chi connectivity index (χ1) is 11.7. The molecule has 0 unspecified atom stereocenters. The van der Waals surface area contributed by atoms with E-state index in [1.54, 1.807) is 10.8 Å². The third kappa shape index (κ3) is 4.94. The van der Waals surface area contributed by atoms with Gasteiger partial charge in [0.1, 0.15) is 0 Å². The maximum absolute atomic E-state index is 12.7. The van der Waals surface area contributed by atoms with Crippen molar-refractivity contribution < 1.29 is 18.0 Å². The fourth-order valence-corrected chi connectivity index (χ4v) is 3.15. The van der Waals surface area contributed by atoms with Gasteiger partial charge in [-0.05, 0) is 44.0 Å². The van der Waals surface area contributed by atoms with Crippen molar-refractivity contribution >= 4 is 17.4 Å². The Morgan fingerprint density at radius 3 is 2.36 bits per heavy atom. The molecule has 1 aromatic heterocycles. The number of alkyl halides is 3. The number of urea groups is 1. The van der Waals surface area contributed by atoms with Crippen molar-refractivity contribution in [3.63, 3.8) is 0 Å². The van der Waals surface area contributed by atoms with Gasteiger partial charge < -0.3 is 5.32 Å². The van der Waals surface area contributed by atoms with Crippen LogP contribution in [-0.4, -0.2) is 16.6 Å². The predicted molar refractivity (Wildman–Crippen MR) is 91.8 cm³/mol. The minimum atomic E-state index is -4.38. The van der Waals surface area contributed by atoms with Gasteiger partial charge in [0.15, 0.2) is 4.80 Å². The normalized spacial score (nSPS) is 12.7. The second-order valence-corrected chi connectivity index (χ2v) is 6.83. The van der Waals surface area contributed by atoms with Crippen LogP contribution in [0.5, 0.6) is 0 Å². The molecule has 1 aromatic carbocycles. The monoisotopic (exact) mass is 371 g/mol. The van der Waals surface area contributed by atoms with Crippen molar-refractivity contribution in [2.75, 3.05) is 0 Å². The van der Waals surface area contributed by atoms with Gasteiger partial charge in [0.05, 0.1) is 5.56 Å². The van der Waals surface area contributed by atoms with Gasteiger partial charge >= 0.3 is 12.2 Å². The number of carbonyl (C=O) groups excluding carboxylic acids is 1. The SMILES string of the molecule is CCC(CC)NC(=O)N=c1sc(C)cn1-c1ccc(C(F)(F)F)cc1. The van der Waals surface area contributed by atoms with Crippen molar-refractivity contribution in [3.05, 3.63) is 45.7 Å². The van der Waals surface area contributed by atoms with Gasteiger partial charge in [-0.15, -0.1) is 11.3 Å². The zero-order valence-electron chi connectivity index (χ0n) is 14.2. The number of halogens is 3. The molecule has 0 saturated heterocycles. The van der Waals surface area contributed by atoms with E-state index < -0.39 is 17.8 Å². The van der Waals surface area contributed by atoms with Crippen molar-refractivity contribution in [1.29, 1.82) is 0 Å². The zero-order valence-corrected chi connectivity index (χ0v) is 15.0. The molecule has 0 atom stereocenters. The van der Waals surface area contributed by atoms with Gasteiger partial charge in [-0.2, -0.15) is 18.2 Å². The van der Waals surface area contributed by atoms with Crippen LogP contribution in [0.4, 0.5) is 18.0 Å². The summed E-state index contributed by atoms with van der Waals surface area (Å²) in [5.41, 5.74) is -0.194.